The molecule has 1 fully saturated rings. The van der Waals surface area contributed by atoms with E-state index in [9.17, 15) is 0 Å². The summed E-state index contributed by atoms with van der Waals surface area (Å²) in [5.41, 5.74) is 0. The molecule has 25 heavy (non-hydrogen) atoms. The van der Waals surface area contributed by atoms with Gasteiger partial charge in [-0.05, 0) is 25.7 Å². The van der Waals surface area contributed by atoms with Crippen molar-refractivity contribution in [3.8, 4) is 0 Å². The summed E-state index contributed by atoms with van der Waals surface area (Å²) in [6, 6.07) is 0.442. The van der Waals surface area contributed by atoms with Crippen molar-refractivity contribution in [3.05, 3.63) is 18.7 Å². The average Bonchev–Trinajstić information content (AvgIpc) is 3.15. The van der Waals surface area contributed by atoms with Gasteiger partial charge >= 0.3 is 0 Å². The first-order valence-corrected chi connectivity index (χ1v) is 9.33. The molecule has 0 aliphatic carbocycles. The van der Waals surface area contributed by atoms with Crippen molar-refractivity contribution < 1.29 is 9.47 Å². The van der Waals surface area contributed by atoms with Crippen molar-refractivity contribution in [2.45, 2.75) is 32.7 Å². The number of hydrogen-bond donors (Lipinski definition) is 1. The fourth-order valence-corrected chi connectivity index (χ4v) is 3.12. The molecule has 2 rings (SSSR count). The highest BCUT2D eigenvalue weighted by Crippen LogP contribution is 2.27. The second-order valence-electron chi connectivity index (χ2n) is 6.48. The van der Waals surface area contributed by atoms with Gasteiger partial charge in [-0.2, -0.15) is 0 Å². The SMILES string of the molecule is CCNC(=NCCCOCCOC)N1CCC(C)C(n2ccnc2)C1. The molecule has 1 aromatic heterocycles. The summed E-state index contributed by atoms with van der Waals surface area (Å²) in [5, 5.41) is 3.43. The number of ether oxygens (including phenoxy) is 2. The molecular formula is C18H33N5O2. The van der Waals surface area contributed by atoms with Crippen molar-refractivity contribution in [3.63, 3.8) is 0 Å². The van der Waals surface area contributed by atoms with Crippen LogP contribution in [-0.4, -0.2) is 73.5 Å². The van der Waals surface area contributed by atoms with Crippen molar-refractivity contribution >= 4 is 5.96 Å². The zero-order valence-electron chi connectivity index (χ0n) is 15.9. The van der Waals surface area contributed by atoms with Gasteiger partial charge in [0, 0.05) is 52.3 Å². The Morgan fingerprint density at radius 1 is 1.36 bits per heavy atom. The van der Waals surface area contributed by atoms with Gasteiger partial charge in [0.25, 0.3) is 0 Å². The van der Waals surface area contributed by atoms with E-state index in [0.29, 0.717) is 25.2 Å². The largest absolute Gasteiger partial charge is 0.382 e. The number of guanidine groups is 1. The van der Waals surface area contributed by atoms with Crippen LogP contribution in [0.2, 0.25) is 0 Å². The van der Waals surface area contributed by atoms with Crippen LogP contribution in [0.15, 0.2) is 23.7 Å². The van der Waals surface area contributed by atoms with E-state index < -0.39 is 0 Å². The number of aromatic nitrogens is 2. The van der Waals surface area contributed by atoms with Crippen LogP contribution in [0.3, 0.4) is 0 Å². The quantitative estimate of drug-likeness (QED) is 0.417. The highest BCUT2D eigenvalue weighted by molar-refractivity contribution is 5.80. The summed E-state index contributed by atoms with van der Waals surface area (Å²) in [7, 11) is 1.69. The lowest BCUT2D eigenvalue weighted by Gasteiger charge is -2.39. The molecule has 1 aromatic rings. The number of likely N-dealkylation sites (tertiary alicyclic amines) is 1. The smallest absolute Gasteiger partial charge is 0.193 e. The maximum atomic E-state index is 5.50. The Labute approximate surface area is 151 Å². The predicted molar refractivity (Wildman–Crippen MR) is 99.9 cm³/mol. The Kier molecular flexibility index (Phi) is 8.76. The maximum absolute atomic E-state index is 5.50. The van der Waals surface area contributed by atoms with E-state index in [-0.39, 0.29) is 0 Å². The van der Waals surface area contributed by atoms with Crippen LogP contribution in [0.25, 0.3) is 0 Å². The number of nitrogens with zero attached hydrogens (tertiary/aromatic N) is 4. The van der Waals surface area contributed by atoms with Crippen LogP contribution >= 0.6 is 0 Å². The summed E-state index contributed by atoms with van der Waals surface area (Å²) >= 11 is 0. The van der Waals surface area contributed by atoms with Crippen LogP contribution in [0.4, 0.5) is 0 Å². The van der Waals surface area contributed by atoms with Gasteiger partial charge in [-0.3, -0.25) is 4.99 Å². The number of rotatable bonds is 9. The van der Waals surface area contributed by atoms with Gasteiger partial charge in [0.1, 0.15) is 0 Å². The van der Waals surface area contributed by atoms with E-state index in [4.69, 9.17) is 14.5 Å². The Balaban J connectivity index is 1.86. The van der Waals surface area contributed by atoms with E-state index in [0.717, 1.165) is 51.6 Å². The van der Waals surface area contributed by atoms with E-state index in [1.165, 1.54) is 0 Å². The first kappa shape index (κ1) is 19.7. The number of aliphatic imine (C=N–C) groups is 1. The molecule has 7 nitrogen and oxygen atoms in total. The minimum Gasteiger partial charge on any atom is -0.382 e. The van der Waals surface area contributed by atoms with Gasteiger partial charge in [0.2, 0.25) is 0 Å². The topological polar surface area (TPSA) is 63.9 Å². The minimum atomic E-state index is 0.442. The Morgan fingerprint density at radius 3 is 2.96 bits per heavy atom. The maximum Gasteiger partial charge on any atom is 0.193 e. The van der Waals surface area contributed by atoms with Crippen LogP contribution in [0.1, 0.15) is 32.7 Å². The fraction of sp³-hybridized carbons (Fsp3) is 0.778. The van der Waals surface area contributed by atoms with Gasteiger partial charge in [-0.1, -0.05) is 6.92 Å². The van der Waals surface area contributed by atoms with E-state index in [1.807, 2.05) is 12.5 Å². The second-order valence-corrected chi connectivity index (χ2v) is 6.48. The number of imidazole rings is 1. The molecule has 0 aromatic carbocycles. The Bertz CT molecular complexity index is 492. The Hall–Kier alpha value is -1.60. The third-order valence-electron chi connectivity index (χ3n) is 4.60. The van der Waals surface area contributed by atoms with Crippen LogP contribution < -0.4 is 5.32 Å². The van der Waals surface area contributed by atoms with E-state index >= 15 is 0 Å². The van der Waals surface area contributed by atoms with Crippen LogP contribution in [0, 0.1) is 5.92 Å². The molecule has 2 atom stereocenters. The average molecular weight is 351 g/mol. The lowest BCUT2D eigenvalue weighted by Crippen LogP contribution is -2.49. The molecule has 1 N–H and O–H groups in total. The Morgan fingerprint density at radius 2 is 2.24 bits per heavy atom. The monoisotopic (exact) mass is 351 g/mol. The van der Waals surface area contributed by atoms with Crippen molar-refractivity contribution in [2.75, 3.05) is 53.1 Å². The van der Waals surface area contributed by atoms with Gasteiger partial charge < -0.3 is 24.3 Å². The lowest BCUT2D eigenvalue weighted by molar-refractivity contribution is 0.0702. The van der Waals surface area contributed by atoms with Crippen molar-refractivity contribution in [1.82, 2.24) is 19.8 Å². The molecule has 0 bridgehead atoms. The van der Waals surface area contributed by atoms with Gasteiger partial charge in [-0.15, -0.1) is 0 Å². The number of piperidine rings is 1. The third kappa shape index (κ3) is 6.32. The van der Waals surface area contributed by atoms with Crippen molar-refractivity contribution in [2.24, 2.45) is 10.9 Å². The van der Waals surface area contributed by atoms with Crippen LogP contribution in [-0.2, 0) is 9.47 Å². The molecular weight excluding hydrogens is 318 g/mol. The molecule has 0 radical (unpaired) electrons. The van der Waals surface area contributed by atoms with Gasteiger partial charge in [-0.25, -0.2) is 4.98 Å². The normalized spacial score (nSPS) is 21.6. The molecule has 142 valence electrons. The molecule has 1 aliphatic rings. The summed E-state index contributed by atoms with van der Waals surface area (Å²) in [4.78, 5) is 11.4. The number of nitrogens with one attached hydrogen (secondary N) is 1. The molecule has 1 saturated heterocycles. The minimum absolute atomic E-state index is 0.442. The second kappa shape index (κ2) is 11.1. The zero-order chi connectivity index (χ0) is 17.9. The first-order valence-electron chi connectivity index (χ1n) is 9.33. The number of methoxy groups -OCH3 is 1. The summed E-state index contributed by atoms with van der Waals surface area (Å²) in [6.45, 7) is 10.1. The van der Waals surface area contributed by atoms with Gasteiger partial charge in [0.05, 0.1) is 25.6 Å². The highest BCUT2D eigenvalue weighted by Gasteiger charge is 2.28. The lowest BCUT2D eigenvalue weighted by atomic mass is 9.93. The third-order valence-corrected chi connectivity index (χ3v) is 4.60. The molecule has 1 aliphatic heterocycles. The number of hydrogen-bond acceptors (Lipinski definition) is 4. The van der Waals surface area contributed by atoms with Gasteiger partial charge in [0.15, 0.2) is 5.96 Å². The standard InChI is InChI=1S/C18H33N5O2/c1-4-20-18(21-7-5-11-25-13-12-24-3)22-9-6-16(2)17(14-22)23-10-8-19-15-23/h8,10,15-17H,4-7,9,11-14H2,1-3H3,(H,20,21). The summed E-state index contributed by atoms with van der Waals surface area (Å²) < 4.78 is 12.7. The molecule has 2 unspecified atom stereocenters. The predicted octanol–water partition coefficient (Wildman–Crippen LogP) is 1.78. The zero-order valence-corrected chi connectivity index (χ0v) is 15.9. The first-order chi connectivity index (χ1) is 12.3. The molecule has 0 spiro atoms. The van der Waals surface area contributed by atoms with Crippen molar-refractivity contribution in [1.29, 1.82) is 0 Å². The summed E-state index contributed by atoms with van der Waals surface area (Å²) in [6.07, 6.45) is 7.92. The molecule has 0 saturated carbocycles. The summed E-state index contributed by atoms with van der Waals surface area (Å²) in [5.74, 6) is 1.65. The molecule has 0 amide bonds. The fourth-order valence-electron chi connectivity index (χ4n) is 3.12. The van der Waals surface area contributed by atoms with E-state index in [1.54, 1.807) is 7.11 Å². The highest BCUT2D eigenvalue weighted by atomic mass is 16.5. The molecule has 2 heterocycles. The van der Waals surface area contributed by atoms with E-state index in [2.05, 4.69) is 39.8 Å². The molecule has 7 heteroatoms. The van der Waals surface area contributed by atoms with Crippen LogP contribution in [0.5, 0.6) is 0 Å².